The minimum atomic E-state index is -1.00. The molecular formula is C14H10BrFO3. The molecule has 0 saturated carbocycles. The van der Waals surface area contributed by atoms with Crippen molar-refractivity contribution < 1.29 is 19.0 Å². The van der Waals surface area contributed by atoms with Gasteiger partial charge in [-0.2, -0.15) is 0 Å². The molecule has 0 bridgehead atoms. The highest BCUT2D eigenvalue weighted by Crippen LogP contribution is 2.26. The minimum Gasteiger partial charge on any atom is -0.488 e. The van der Waals surface area contributed by atoms with Crippen molar-refractivity contribution in [2.75, 3.05) is 0 Å². The summed E-state index contributed by atoms with van der Waals surface area (Å²) in [6.07, 6.45) is 0. The van der Waals surface area contributed by atoms with E-state index in [2.05, 4.69) is 15.9 Å². The minimum absolute atomic E-state index is 0.104. The van der Waals surface area contributed by atoms with E-state index in [9.17, 15) is 9.18 Å². The van der Waals surface area contributed by atoms with Crippen LogP contribution >= 0.6 is 15.9 Å². The zero-order chi connectivity index (χ0) is 13.8. The number of carboxylic acid groups (broad SMARTS) is 1. The van der Waals surface area contributed by atoms with E-state index in [0.717, 1.165) is 0 Å². The van der Waals surface area contributed by atoms with Gasteiger partial charge in [0, 0.05) is 5.56 Å². The standard InChI is InChI=1S/C14H10BrFO3/c15-12-7-10(16)5-6-13(12)19-8-9-3-1-2-4-11(9)14(17)18/h1-7H,8H2,(H,17,18). The van der Waals surface area contributed by atoms with Crippen LogP contribution in [0.3, 0.4) is 0 Å². The van der Waals surface area contributed by atoms with Crippen molar-refractivity contribution in [1.82, 2.24) is 0 Å². The highest BCUT2D eigenvalue weighted by molar-refractivity contribution is 9.10. The van der Waals surface area contributed by atoms with Crippen molar-refractivity contribution in [2.45, 2.75) is 6.61 Å². The number of hydrogen-bond donors (Lipinski definition) is 1. The molecule has 0 heterocycles. The Kier molecular flexibility index (Phi) is 4.16. The maximum atomic E-state index is 12.9. The largest absolute Gasteiger partial charge is 0.488 e. The summed E-state index contributed by atoms with van der Waals surface area (Å²) < 4.78 is 18.9. The number of benzene rings is 2. The van der Waals surface area contributed by atoms with Crippen molar-refractivity contribution in [3.05, 3.63) is 63.9 Å². The molecular weight excluding hydrogens is 315 g/mol. The lowest BCUT2D eigenvalue weighted by molar-refractivity contribution is 0.0694. The van der Waals surface area contributed by atoms with Crippen LogP contribution in [0, 0.1) is 5.82 Å². The van der Waals surface area contributed by atoms with Crippen LogP contribution in [0.2, 0.25) is 0 Å². The van der Waals surface area contributed by atoms with Crippen LogP contribution < -0.4 is 4.74 Å². The predicted molar refractivity (Wildman–Crippen MR) is 71.8 cm³/mol. The van der Waals surface area contributed by atoms with E-state index in [0.29, 0.717) is 15.8 Å². The molecule has 98 valence electrons. The van der Waals surface area contributed by atoms with E-state index in [-0.39, 0.29) is 18.0 Å². The van der Waals surface area contributed by atoms with E-state index in [1.165, 1.54) is 24.3 Å². The fourth-order valence-corrected chi connectivity index (χ4v) is 2.07. The molecule has 0 aliphatic heterocycles. The van der Waals surface area contributed by atoms with Gasteiger partial charge in [-0.3, -0.25) is 0 Å². The summed E-state index contributed by atoms with van der Waals surface area (Å²) >= 11 is 3.19. The molecule has 0 aliphatic carbocycles. The molecule has 0 unspecified atom stereocenters. The van der Waals surface area contributed by atoms with Gasteiger partial charge in [0.05, 0.1) is 10.0 Å². The normalized spacial score (nSPS) is 10.2. The van der Waals surface area contributed by atoms with E-state index >= 15 is 0 Å². The third-order valence-corrected chi connectivity index (χ3v) is 3.14. The van der Waals surface area contributed by atoms with Crippen LogP contribution in [0.1, 0.15) is 15.9 Å². The van der Waals surface area contributed by atoms with E-state index in [1.54, 1.807) is 18.2 Å². The van der Waals surface area contributed by atoms with Gasteiger partial charge in [0.2, 0.25) is 0 Å². The van der Waals surface area contributed by atoms with Gasteiger partial charge in [-0.15, -0.1) is 0 Å². The number of aromatic carboxylic acids is 1. The predicted octanol–water partition coefficient (Wildman–Crippen LogP) is 3.87. The molecule has 2 aromatic rings. The first-order chi connectivity index (χ1) is 9.08. The summed E-state index contributed by atoms with van der Waals surface area (Å²) in [4.78, 5) is 11.0. The summed E-state index contributed by atoms with van der Waals surface area (Å²) in [6, 6.07) is 10.7. The Balaban J connectivity index is 2.17. The maximum Gasteiger partial charge on any atom is 0.336 e. The van der Waals surface area contributed by atoms with Crippen molar-refractivity contribution in [3.63, 3.8) is 0 Å². The summed E-state index contributed by atoms with van der Waals surface area (Å²) in [6.45, 7) is 0.104. The van der Waals surface area contributed by atoms with Gasteiger partial charge in [-0.25, -0.2) is 9.18 Å². The Morgan fingerprint density at radius 2 is 2.00 bits per heavy atom. The molecule has 0 aliphatic rings. The maximum absolute atomic E-state index is 12.9. The molecule has 0 spiro atoms. The molecule has 3 nitrogen and oxygen atoms in total. The van der Waals surface area contributed by atoms with E-state index < -0.39 is 5.97 Å². The summed E-state index contributed by atoms with van der Waals surface area (Å²) in [7, 11) is 0. The fraction of sp³-hybridized carbons (Fsp3) is 0.0714. The second-order valence-corrected chi connectivity index (χ2v) is 4.68. The first kappa shape index (κ1) is 13.5. The molecule has 2 aromatic carbocycles. The number of halogens is 2. The molecule has 0 amide bonds. The second kappa shape index (κ2) is 5.84. The molecule has 1 N–H and O–H groups in total. The number of hydrogen-bond acceptors (Lipinski definition) is 2. The van der Waals surface area contributed by atoms with Crippen LogP contribution in [0.15, 0.2) is 46.9 Å². The topological polar surface area (TPSA) is 46.5 Å². The van der Waals surface area contributed by atoms with E-state index in [1.807, 2.05) is 0 Å². The van der Waals surface area contributed by atoms with Gasteiger partial charge in [0.15, 0.2) is 0 Å². The number of carbonyl (C=O) groups is 1. The van der Waals surface area contributed by atoms with Crippen LogP contribution in [-0.2, 0) is 6.61 Å². The van der Waals surface area contributed by atoms with Gasteiger partial charge >= 0.3 is 5.97 Å². The quantitative estimate of drug-likeness (QED) is 0.928. The fourth-order valence-electron chi connectivity index (χ4n) is 1.60. The van der Waals surface area contributed by atoms with E-state index in [4.69, 9.17) is 9.84 Å². The molecule has 0 fully saturated rings. The monoisotopic (exact) mass is 324 g/mol. The van der Waals surface area contributed by atoms with Crippen LogP contribution in [0.5, 0.6) is 5.75 Å². The van der Waals surface area contributed by atoms with Crippen molar-refractivity contribution >= 4 is 21.9 Å². The third kappa shape index (κ3) is 3.32. The Labute approximate surface area is 117 Å². The Morgan fingerprint density at radius 1 is 1.26 bits per heavy atom. The zero-order valence-electron chi connectivity index (χ0n) is 9.77. The summed E-state index contributed by atoms with van der Waals surface area (Å²) in [5.41, 5.74) is 0.756. The van der Waals surface area contributed by atoms with Crippen molar-refractivity contribution in [1.29, 1.82) is 0 Å². The zero-order valence-corrected chi connectivity index (χ0v) is 11.4. The Morgan fingerprint density at radius 3 is 2.68 bits per heavy atom. The average molecular weight is 325 g/mol. The first-order valence-electron chi connectivity index (χ1n) is 5.47. The summed E-state index contributed by atoms with van der Waals surface area (Å²) in [5, 5.41) is 9.04. The average Bonchev–Trinajstić information content (AvgIpc) is 2.38. The SMILES string of the molecule is O=C(O)c1ccccc1COc1ccc(F)cc1Br. The molecule has 2 rings (SSSR count). The first-order valence-corrected chi connectivity index (χ1v) is 6.26. The lowest BCUT2D eigenvalue weighted by Crippen LogP contribution is -2.05. The molecule has 0 atom stereocenters. The molecule has 0 aromatic heterocycles. The van der Waals surface area contributed by atoms with Crippen LogP contribution in [0.4, 0.5) is 4.39 Å². The van der Waals surface area contributed by atoms with Crippen LogP contribution in [0.25, 0.3) is 0 Å². The lowest BCUT2D eigenvalue weighted by Gasteiger charge is -2.10. The molecule has 5 heteroatoms. The smallest absolute Gasteiger partial charge is 0.336 e. The van der Waals surface area contributed by atoms with Gasteiger partial charge in [-0.1, -0.05) is 18.2 Å². The summed E-state index contributed by atoms with van der Waals surface area (Å²) in [5.74, 6) is -0.913. The second-order valence-electron chi connectivity index (χ2n) is 3.83. The Bertz CT molecular complexity index is 613. The number of carboxylic acids is 1. The van der Waals surface area contributed by atoms with Gasteiger partial charge in [0.1, 0.15) is 18.2 Å². The van der Waals surface area contributed by atoms with Gasteiger partial charge in [0.25, 0.3) is 0 Å². The molecule has 0 radical (unpaired) electrons. The number of ether oxygens (including phenoxy) is 1. The van der Waals surface area contributed by atoms with Gasteiger partial charge < -0.3 is 9.84 Å². The van der Waals surface area contributed by atoms with Crippen molar-refractivity contribution in [2.24, 2.45) is 0 Å². The molecule has 19 heavy (non-hydrogen) atoms. The highest BCUT2D eigenvalue weighted by atomic mass is 79.9. The Hall–Kier alpha value is -1.88. The van der Waals surface area contributed by atoms with Crippen LogP contribution in [-0.4, -0.2) is 11.1 Å². The highest BCUT2D eigenvalue weighted by Gasteiger charge is 2.10. The number of rotatable bonds is 4. The van der Waals surface area contributed by atoms with Gasteiger partial charge in [-0.05, 0) is 40.2 Å². The third-order valence-electron chi connectivity index (χ3n) is 2.52. The lowest BCUT2D eigenvalue weighted by atomic mass is 10.1. The van der Waals surface area contributed by atoms with Crippen molar-refractivity contribution in [3.8, 4) is 5.75 Å². The molecule has 0 saturated heterocycles.